The average Bonchev–Trinajstić information content (AvgIpc) is 3.72. The number of nitrogens with zero attached hydrogens (tertiary/aromatic N) is 2. The van der Waals surface area contributed by atoms with Gasteiger partial charge in [-0.3, -0.25) is 38.6 Å². The highest BCUT2D eigenvalue weighted by atomic mass is 16.4. The number of imidazole rings is 1. The van der Waals surface area contributed by atoms with Gasteiger partial charge in [0, 0.05) is 31.3 Å². The van der Waals surface area contributed by atoms with Crippen LogP contribution in [0.15, 0.2) is 41.8 Å². The largest absolute Gasteiger partial charge is 0.508 e. The quantitative estimate of drug-likeness (QED) is 0.0250. The Bertz CT molecular complexity index is 1850. The topological polar surface area (TPSA) is 389 Å². The van der Waals surface area contributed by atoms with Crippen molar-refractivity contribution in [1.29, 1.82) is 0 Å². The summed E-state index contributed by atoms with van der Waals surface area (Å²) in [4.78, 5) is 115. The minimum Gasteiger partial charge on any atom is -0.508 e. The molecule has 0 fully saturated rings. The molecule has 23 heteroatoms. The number of aromatic amines is 1. The van der Waals surface area contributed by atoms with Gasteiger partial charge in [-0.25, -0.2) is 9.78 Å². The Kier molecular flexibility index (Phi) is 21.3. The van der Waals surface area contributed by atoms with Crippen LogP contribution in [-0.4, -0.2) is 128 Å². The van der Waals surface area contributed by atoms with E-state index in [4.69, 9.17) is 17.2 Å². The van der Waals surface area contributed by atoms with E-state index in [1.165, 1.54) is 36.8 Å². The van der Waals surface area contributed by atoms with Gasteiger partial charge in [0.05, 0.1) is 25.3 Å². The highest BCUT2D eigenvalue weighted by Crippen LogP contribution is 2.13. The molecule has 0 aliphatic rings. The lowest BCUT2D eigenvalue weighted by atomic mass is 9.97. The smallest absolute Gasteiger partial charge is 0.326 e. The third-order valence-corrected chi connectivity index (χ3v) is 9.53. The van der Waals surface area contributed by atoms with Crippen molar-refractivity contribution in [1.82, 2.24) is 41.9 Å². The average molecular weight is 873 g/mol. The lowest BCUT2D eigenvalue weighted by Crippen LogP contribution is -2.59. The zero-order valence-corrected chi connectivity index (χ0v) is 35.2. The number of aliphatic carboxylic acids is 2. The molecule has 0 unspecified atom stereocenters. The first-order chi connectivity index (χ1) is 29.2. The van der Waals surface area contributed by atoms with E-state index in [9.17, 15) is 53.7 Å². The summed E-state index contributed by atoms with van der Waals surface area (Å²) in [5.41, 5.74) is 17.7. The number of amides is 6. The van der Waals surface area contributed by atoms with Crippen molar-refractivity contribution < 1.29 is 53.7 Å². The number of carboxylic acid groups (broad SMARTS) is 2. The van der Waals surface area contributed by atoms with Crippen LogP contribution in [0.25, 0.3) is 0 Å². The van der Waals surface area contributed by atoms with Crippen LogP contribution in [0, 0.1) is 11.8 Å². The molecule has 0 aliphatic carbocycles. The molecule has 0 bridgehead atoms. The SMILES string of the molecule is CC[C@H](C)[C@@H](N)C(=O)N[C@H](CC(C)C)C(=O)NCC(=O)N[C@H](Cc1cnc[nH]1)C(=O)N[C@H](CCCN=C(N)N)C(=O)N[C@H](CC(=O)O)C(=O)N[C@H](Cc1ccc(O)cc1)C(=O)O. The number of aromatic nitrogens is 2. The molecular formula is C39H60N12O11. The summed E-state index contributed by atoms with van der Waals surface area (Å²) < 4.78 is 0. The number of hydrogen-bond acceptors (Lipinski definition) is 12. The van der Waals surface area contributed by atoms with Crippen molar-refractivity contribution in [3.63, 3.8) is 0 Å². The van der Waals surface area contributed by atoms with Gasteiger partial charge in [0.2, 0.25) is 35.4 Å². The fraction of sp³-hybridized carbons (Fsp3) is 0.538. The van der Waals surface area contributed by atoms with Gasteiger partial charge in [-0.15, -0.1) is 0 Å². The first-order valence-corrected chi connectivity index (χ1v) is 20.0. The molecule has 0 spiro atoms. The molecule has 62 heavy (non-hydrogen) atoms. The van der Waals surface area contributed by atoms with Crippen LogP contribution in [0.2, 0.25) is 0 Å². The summed E-state index contributed by atoms with van der Waals surface area (Å²) in [6, 6.07) is -2.68. The number of carboxylic acids is 2. The molecule has 23 nitrogen and oxygen atoms in total. The van der Waals surface area contributed by atoms with Gasteiger partial charge in [0.15, 0.2) is 5.96 Å². The molecule has 1 aromatic heterocycles. The Hall–Kier alpha value is -6.78. The van der Waals surface area contributed by atoms with E-state index in [0.717, 1.165) is 0 Å². The standard InChI is InChI=1S/C39H60N12O11/c1-5-21(4)32(40)37(60)50-26(13-20(2)3)33(56)45-18-30(53)47-27(15-23-17-43-19-46-23)35(58)48-25(7-6-12-44-39(41)42)34(57)49-28(16-31(54)55)36(59)51-29(38(61)62)14-22-8-10-24(52)11-9-22/h8-11,17,19-21,25-29,32,52H,5-7,12-16,18,40H2,1-4H3,(H,43,46)(H,45,56)(H,47,53)(H,48,58)(H,49,57)(H,50,60)(H,51,59)(H,54,55)(H,61,62)(H4,41,42,44)/t21-,25+,26+,27+,28+,29+,32+/m0/s1. The molecule has 2 rings (SSSR count). The van der Waals surface area contributed by atoms with E-state index in [2.05, 4.69) is 46.9 Å². The Morgan fingerprint density at radius 2 is 1.37 bits per heavy atom. The van der Waals surface area contributed by atoms with Gasteiger partial charge < -0.3 is 69.4 Å². The van der Waals surface area contributed by atoms with Crippen molar-refractivity contribution in [2.75, 3.05) is 13.1 Å². The molecule has 1 heterocycles. The van der Waals surface area contributed by atoms with Crippen molar-refractivity contribution in [3.8, 4) is 5.75 Å². The zero-order chi connectivity index (χ0) is 46.5. The number of phenols is 1. The number of aromatic hydroxyl groups is 1. The molecule has 0 radical (unpaired) electrons. The normalized spacial score (nSPS) is 14.4. The van der Waals surface area contributed by atoms with Gasteiger partial charge in [0.1, 0.15) is 36.0 Å². The number of nitrogens with two attached hydrogens (primary N) is 3. The number of phenolic OH excluding ortho intramolecular Hbond substituents is 1. The number of H-pyrrole nitrogens is 1. The second-order valence-electron chi connectivity index (χ2n) is 15.2. The number of nitrogens with one attached hydrogen (secondary N) is 7. The van der Waals surface area contributed by atoms with Crippen LogP contribution in [-0.2, 0) is 51.2 Å². The summed E-state index contributed by atoms with van der Waals surface area (Å²) in [5, 5.41) is 43.6. The van der Waals surface area contributed by atoms with Gasteiger partial charge in [-0.1, -0.05) is 46.2 Å². The van der Waals surface area contributed by atoms with E-state index in [1.807, 2.05) is 20.8 Å². The number of carbonyl (C=O) groups excluding carboxylic acids is 6. The summed E-state index contributed by atoms with van der Waals surface area (Å²) in [5.74, 6) is -8.63. The summed E-state index contributed by atoms with van der Waals surface area (Å²) in [7, 11) is 0. The number of carbonyl (C=O) groups is 8. The molecule has 0 saturated carbocycles. The summed E-state index contributed by atoms with van der Waals surface area (Å²) in [6.45, 7) is 6.75. The molecule has 2 aromatic rings. The highest BCUT2D eigenvalue weighted by Gasteiger charge is 2.33. The first kappa shape index (κ1) is 51.4. The summed E-state index contributed by atoms with van der Waals surface area (Å²) >= 11 is 0. The van der Waals surface area contributed by atoms with Crippen LogP contribution < -0.4 is 49.1 Å². The minimum absolute atomic E-state index is 0.00555. The lowest BCUT2D eigenvalue weighted by Gasteiger charge is -2.26. The maximum atomic E-state index is 13.9. The van der Waals surface area contributed by atoms with Gasteiger partial charge >= 0.3 is 11.9 Å². The molecule has 0 saturated heterocycles. The van der Waals surface area contributed by atoms with Crippen LogP contribution in [0.4, 0.5) is 0 Å². The first-order valence-electron chi connectivity index (χ1n) is 20.0. The summed E-state index contributed by atoms with van der Waals surface area (Å²) in [6.07, 6.45) is 2.08. The van der Waals surface area contributed by atoms with E-state index in [1.54, 1.807) is 6.92 Å². The van der Waals surface area contributed by atoms with Crippen LogP contribution in [0.3, 0.4) is 0 Å². The fourth-order valence-electron chi connectivity index (χ4n) is 5.89. The Labute approximate surface area is 358 Å². The van der Waals surface area contributed by atoms with Crippen molar-refractivity contribution >= 4 is 53.3 Å². The number of aliphatic imine (C=N–C) groups is 1. The lowest BCUT2D eigenvalue weighted by molar-refractivity contribution is -0.143. The number of rotatable bonds is 27. The molecule has 6 amide bonds. The van der Waals surface area contributed by atoms with Crippen LogP contribution in [0.1, 0.15) is 71.1 Å². The number of benzene rings is 1. The van der Waals surface area contributed by atoms with Crippen molar-refractivity contribution in [2.24, 2.45) is 34.0 Å². The van der Waals surface area contributed by atoms with Crippen molar-refractivity contribution in [2.45, 2.75) is 109 Å². The maximum absolute atomic E-state index is 13.9. The molecule has 0 aliphatic heterocycles. The van der Waals surface area contributed by atoms with E-state index in [-0.39, 0.29) is 62.2 Å². The number of guanidine groups is 1. The highest BCUT2D eigenvalue weighted by molar-refractivity contribution is 5.97. The fourth-order valence-corrected chi connectivity index (χ4v) is 5.89. The van der Waals surface area contributed by atoms with E-state index in [0.29, 0.717) is 17.7 Å². The van der Waals surface area contributed by atoms with E-state index >= 15 is 0 Å². The Morgan fingerprint density at radius 3 is 1.94 bits per heavy atom. The third-order valence-electron chi connectivity index (χ3n) is 9.53. The second-order valence-corrected chi connectivity index (χ2v) is 15.2. The number of hydrogen-bond donors (Lipinski definition) is 13. The Balaban J connectivity index is 2.30. The van der Waals surface area contributed by atoms with Gasteiger partial charge in [-0.05, 0) is 48.8 Å². The van der Waals surface area contributed by atoms with Gasteiger partial charge in [-0.2, -0.15) is 0 Å². The second kappa shape index (κ2) is 25.8. The maximum Gasteiger partial charge on any atom is 0.326 e. The predicted octanol–water partition coefficient (Wildman–Crippen LogP) is -2.53. The van der Waals surface area contributed by atoms with Crippen LogP contribution in [0.5, 0.6) is 5.75 Å². The third kappa shape index (κ3) is 18.6. The van der Waals surface area contributed by atoms with E-state index < -0.39 is 96.6 Å². The monoisotopic (exact) mass is 872 g/mol. The van der Waals surface area contributed by atoms with Crippen molar-refractivity contribution in [3.05, 3.63) is 48.0 Å². The molecule has 7 atom stereocenters. The van der Waals surface area contributed by atoms with Crippen LogP contribution >= 0.6 is 0 Å². The zero-order valence-electron chi connectivity index (χ0n) is 35.2. The Morgan fingerprint density at radius 1 is 0.774 bits per heavy atom. The molecule has 342 valence electrons. The molecule has 16 N–H and O–H groups in total. The minimum atomic E-state index is -1.82. The van der Waals surface area contributed by atoms with Gasteiger partial charge in [0.25, 0.3) is 0 Å². The predicted molar refractivity (Wildman–Crippen MR) is 223 cm³/mol. The molecule has 1 aromatic carbocycles. The molecular weight excluding hydrogens is 813 g/mol.